The number of hydrogen-bond donors (Lipinski definition) is 0. The van der Waals surface area contributed by atoms with Gasteiger partial charge in [-0.05, 0) is 31.5 Å². The predicted molar refractivity (Wildman–Crippen MR) is 92.5 cm³/mol. The van der Waals surface area contributed by atoms with Crippen molar-refractivity contribution in [1.29, 1.82) is 0 Å². The second-order valence-electron chi connectivity index (χ2n) is 6.20. The summed E-state index contributed by atoms with van der Waals surface area (Å²) >= 11 is 6.22. The van der Waals surface area contributed by atoms with E-state index < -0.39 is 0 Å². The molecule has 6 heteroatoms. The zero-order valence-electron chi connectivity index (χ0n) is 13.5. The summed E-state index contributed by atoms with van der Waals surface area (Å²) in [7, 11) is 1.95. The lowest BCUT2D eigenvalue weighted by molar-refractivity contribution is 0.245. The van der Waals surface area contributed by atoms with E-state index >= 15 is 0 Å². The Morgan fingerprint density at radius 3 is 3.00 bits per heavy atom. The molecule has 3 aromatic rings. The highest BCUT2D eigenvalue weighted by atomic mass is 35.5. The van der Waals surface area contributed by atoms with E-state index in [1.165, 1.54) is 12.0 Å². The summed E-state index contributed by atoms with van der Waals surface area (Å²) < 4.78 is 7.51. The number of aryl methyl sites for hydroxylation is 1. The first-order valence-corrected chi connectivity index (χ1v) is 8.50. The number of aromatic nitrogens is 3. The van der Waals surface area contributed by atoms with Gasteiger partial charge in [-0.25, -0.2) is 4.98 Å². The van der Waals surface area contributed by atoms with Crippen LogP contribution >= 0.6 is 11.6 Å². The van der Waals surface area contributed by atoms with E-state index in [4.69, 9.17) is 16.0 Å². The molecule has 0 spiro atoms. The van der Waals surface area contributed by atoms with E-state index in [-0.39, 0.29) is 0 Å². The largest absolute Gasteiger partial charge is 0.444 e. The molecule has 0 bridgehead atoms. The van der Waals surface area contributed by atoms with Crippen molar-refractivity contribution in [1.82, 2.24) is 19.7 Å². The van der Waals surface area contributed by atoms with Gasteiger partial charge in [0.1, 0.15) is 6.26 Å². The lowest BCUT2D eigenvalue weighted by Gasteiger charge is -2.22. The molecule has 1 aliphatic rings. The van der Waals surface area contributed by atoms with Crippen LogP contribution in [0.2, 0.25) is 5.02 Å². The van der Waals surface area contributed by atoms with E-state index in [9.17, 15) is 0 Å². The van der Waals surface area contributed by atoms with Gasteiger partial charge >= 0.3 is 0 Å². The average molecular weight is 343 g/mol. The zero-order chi connectivity index (χ0) is 16.5. The molecule has 124 valence electrons. The summed E-state index contributed by atoms with van der Waals surface area (Å²) in [6, 6.07) is 8.01. The van der Waals surface area contributed by atoms with Crippen LogP contribution in [-0.4, -0.2) is 26.2 Å². The molecule has 4 rings (SSSR count). The first-order valence-electron chi connectivity index (χ1n) is 8.12. The third-order valence-corrected chi connectivity index (χ3v) is 4.82. The Kier molecular flexibility index (Phi) is 4.12. The maximum Gasteiger partial charge on any atom is 0.227 e. The van der Waals surface area contributed by atoms with Crippen molar-refractivity contribution in [2.75, 3.05) is 6.54 Å². The second kappa shape index (κ2) is 6.42. The Hall–Kier alpha value is -2.11. The van der Waals surface area contributed by atoms with E-state index in [2.05, 4.69) is 21.2 Å². The third kappa shape index (κ3) is 2.97. The lowest BCUT2D eigenvalue weighted by Crippen LogP contribution is -2.22. The van der Waals surface area contributed by atoms with Gasteiger partial charge in [0.15, 0.2) is 0 Å². The fraction of sp³-hybridized carbons (Fsp3) is 0.333. The second-order valence-corrected chi connectivity index (χ2v) is 6.61. The van der Waals surface area contributed by atoms with Gasteiger partial charge in [0, 0.05) is 31.4 Å². The van der Waals surface area contributed by atoms with Gasteiger partial charge in [-0.3, -0.25) is 9.58 Å². The SMILES string of the molecule is Cn1cc([C@H]2CCCN2Cc2coc(-c3ccccc3Cl)n2)cn1. The molecular formula is C18H19ClN4O. The van der Waals surface area contributed by atoms with Crippen molar-refractivity contribution in [2.45, 2.75) is 25.4 Å². The molecule has 1 atom stereocenters. The van der Waals surface area contributed by atoms with Crippen molar-refractivity contribution >= 4 is 11.6 Å². The Labute approximate surface area is 145 Å². The van der Waals surface area contributed by atoms with Crippen LogP contribution in [0.15, 0.2) is 47.3 Å². The predicted octanol–water partition coefficient (Wildman–Crippen LogP) is 4.07. The summed E-state index contributed by atoms with van der Waals surface area (Å²) in [6.07, 6.45) is 8.13. The standard InChI is InChI=1S/C18H19ClN4O/c1-22-10-13(9-20-22)17-7-4-8-23(17)11-14-12-24-18(21-14)15-5-2-3-6-16(15)19/h2-3,5-6,9-10,12,17H,4,7-8,11H2,1H3/t17-/m1/s1. The molecule has 0 amide bonds. The highest BCUT2D eigenvalue weighted by Crippen LogP contribution is 2.33. The molecule has 0 radical (unpaired) electrons. The number of benzene rings is 1. The monoisotopic (exact) mass is 342 g/mol. The van der Waals surface area contributed by atoms with Gasteiger partial charge < -0.3 is 4.42 Å². The summed E-state index contributed by atoms with van der Waals surface area (Å²) in [5, 5.41) is 4.95. The van der Waals surface area contributed by atoms with Crippen LogP contribution in [0.3, 0.4) is 0 Å². The Morgan fingerprint density at radius 1 is 1.33 bits per heavy atom. The molecule has 5 nitrogen and oxygen atoms in total. The van der Waals surface area contributed by atoms with Gasteiger partial charge in [0.25, 0.3) is 0 Å². The zero-order valence-corrected chi connectivity index (χ0v) is 14.3. The van der Waals surface area contributed by atoms with Crippen molar-refractivity contribution < 1.29 is 4.42 Å². The molecule has 1 fully saturated rings. The van der Waals surface area contributed by atoms with Gasteiger partial charge in [0.05, 0.1) is 22.5 Å². The number of halogens is 1. The summed E-state index contributed by atoms with van der Waals surface area (Å²) in [6.45, 7) is 1.83. The van der Waals surface area contributed by atoms with Crippen LogP contribution in [-0.2, 0) is 13.6 Å². The Morgan fingerprint density at radius 2 is 2.21 bits per heavy atom. The van der Waals surface area contributed by atoms with Crippen molar-refractivity contribution in [2.24, 2.45) is 7.05 Å². The normalized spacial score (nSPS) is 18.3. The van der Waals surface area contributed by atoms with E-state index in [1.54, 1.807) is 6.26 Å². The van der Waals surface area contributed by atoms with E-state index in [0.717, 1.165) is 30.8 Å². The minimum atomic E-state index is 0.402. The van der Waals surface area contributed by atoms with Crippen LogP contribution < -0.4 is 0 Å². The van der Waals surface area contributed by atoms with Gasteiger partial charge in [-0.2, -0.15) is 5.10 Å². The number of oxazole rings is 1. The summed E-state index contributed by atoms with van der Waals surface area (Å²) in [5.74, 6) is 0.577. The maximum absolute atomic E-state index is 6.22. The summed E-state index contributed by atoms with van der Waals surface area (Å²) in [4.78, 5) is 7.06. The first kappa shape index (κ1) is 15.4. The fourth-order valence-electron chi connectivity index (χ4n) is 3.35. The van der Waals surface area contributed by atoms with Crippen LogP contribution in [0.1, 0.15) is 30.1 Å². The van der Waals surface area contributed by atoms with Crippen molar-refractivity contribution in [3.8, 4) is 11.5 Å². The number of hydrogen-bond acceptors (Lipinski definition) is 4. The minimum Gasteiger partial charge on any atom is -0.444 e. The van der Waals surface area contributed by atoms with E-state index in [0.29, 0.717) is 17.0 Å². The third-order valence-electron chi connectivity index (χ3n) is 4.49. The van der Waals surface area contributed by atoms with E-state index in [1.807, 2.05) is 42.2 Å². The molecule has 0 aliphatic carbocycles. The topological polar surface area (TPSA) is 47.1 Å². The molecule has 24 heavy (non-hydrogen) atoms. The quantitative estimate of drug-likeness (QED) is 0.717. The average Bonchev–Trinajstić information content (AvgIpc) is 3.29. The lowest BCUT2D eigenvalue weighted by atomic mass is 10.1. The molecule has 1 aliphatic heterocycles. The molecule has 1 saturated heterocycles. The first-order chi connectivity index (χ1) is 11.7. The number of nitrogens with zero attached hydrogens (tertiary/aromatic N) is 4. The molecule has 3 heterocycles. The van der Waals surface area contributed by atoms with Gasteiger partial charge in [-0.1, -0.05) is 23.7 Å². The van der Waals surface area contributed by atoms with Gasteiger partial charge in [0.2, 0.25) is 5.89 Å². The maximum atomic E-state index is 6.22. The molecule has 0 saturated carbocycles. The number of rotatable bonds is 4. The number of likely N-dealkylation sites (tertiary alicyclic amines) is 1. The van der Waals surface area contributed by atoms with Crippen molar-refractivity contribution in [3.05, 3.63) is 59.2 Å². The smallest absolute Gasteiger partial charge is 0.227 e. The van der Waals surface area contributed by atoms with Crippen LogP contribution in [0.4, 0.5) is 0 Å². The highest BCUT2D eigenvalue weighted by Gasteiger charge is 2.27. The van der Waals surface area contributed by atoms with Crippen LogP contribution in [0.25, 0.3) is 11.5 Å². The van der Waals surface area contributed by atoms with Crippen molar-refractivity contribution in [3.63, 3.8) is 0 Å². The molecule has 0 N–H and O–H groups in total. The molecule has 2 aromatic heterocycles. The molecular weight excluding hydrogens is 324 g/mol. The fourth-order valence-corrected chi connectivity index (χ4v) is 3.57. The Bertz CT molecular complexity index is 841. The van der Waals surface area contributed by atoms with Crippen LogP contribution in [0.5, 0.6) is 0 Å². The highest BCUT2D eigenvalue weighted by molar-refractivity contribution is 6.33. The Balaban J connectivity index is 1.52. The summed E-state index contributed by atoms with van der Waals surface area (Å²) in [5.41, 5.74) is 3.03. The van der Waals surface area contributed by atoms with Gasteiger partial charge in [-0.15, -0.1) is 0 Å². The molecule has 0 unspecified atom stereocenters. The minimum absolute atomic E-state index is 0.402. The van der Waals surface area contributed by atoms with Crippen LogP contribution in [0, 0.1) is 0 Å². The molecule has 1 aromatic carbocycles.